The number of hydrogen-bond donors (Lipinski definition) is 0. The minimum atomic E-state index is -0.577. The van der Waals surface area contributed by atoms with E-state index in [9.17, 15) is 8.78 Å². The molecule has 170 valence electrons. The van der Waals surface area contributed by atoms with Gasteiger partial charge in [0.1, 0.15) is 0 Å². The first-order chi connectivity index (χ1) is 14.6. The van der Waals surface area contributed by atoms with E-state index >= 15 is 0 Å². The summed E-state index contributed by atoms with van der Waals surface area (Å²) >= 11 is 0. The summed E-state index contributed by atoms with van der Waals surface area (Å²) in [7, 11) is 0. The summed E-state index contributed by atoms with van der Waals surface area (Å²) in [6.45, 7) is 4.42. The molecule has 0 saturated heterocycles. The summed E-state index contributed by atoms with van der Waals surface area (Å²) in [5.74, 6) is 1.75. The van der Waals surface area contributed by atoms with Crippen LogP contribution in [0.2, 0.25) is 0 Å². The van der Waals surface area contributed by atoms with Gasteiger partial charge in [0, 0.05) is 0 Å². The second-order valence-corrected chi connectivity index (χ2v) is 10.3. The Bertz CT molecular complexity index is 622. The smallest absolute Gasteiger partial charge is 0.162 e. The molecule has 2 fully saturated rings. The predicted octanol–water partition coefficient (Wildman–Crippen LogP) is 9.36. The van der Waals surface area contributed by atoms with E-state index in [2.05, 4.69) is 13.8 Å². The van der Waals surface area contributed by atoms with E-state index in [4.69, 9.17) is 0 Å². The number of rotatable bonds is 10. The van der Waals surface area contributed by atoms with Crippen molar-refractivity contribution in [2.24, 2.45) is 17.8 Å². The van der Waals surface area contributed by atoms with Gasteiger partial charge in [0.15, 0.2) is 11.6 Å². The van der Waals surface area contributed by atoms with Crippen LogP contribution in [0.4, 0.5) is 8.78 Å². The van der Waals surface area contributed by atoms with Gasteiger partial charge in [0.05, 0.1) is 0 Å². The van der Waals surface area contributed by atoms with Gasteiger partial charge in [0.25, 0.3) is 0 Å². The maximum absolute atomic E-state index is 14.8. The van der Waals surface area contributed by atoms with Gasteiger partial charge in [0.2, 0.25) is 0 Å². The van der Waals surface area contributed by atoms with Crippen molar-refractivity contribution in [1.29, 1.82) is 0 Å². The highest BCUT2D eigenvalue weighted by Gasteiger charge is 2.32. The van der Waals surface area contributed by atoms with Crippen LogP contribution in [-0.2, 0) is 6.42 Å². The maximum Gasteiger partial charge on any atom is 0.162 e. The van der Waals surface area contributed by atoms with Crippen LogP contribution >= 0.6 is 0 Å². The zero-order valence-electron chi connectivity index (χ0n) is 19.5. The van der Waals surface area contributed by atoms with Crippen LogP contribution in [0.1, 0.15) is 127 Å². The fraction of sp³-hybridized carbons (Fsp3) is 0.786. The van der Waals surface area contributed by atoms with Crippen molar-refractivity contribution in [2.75, 3.05) is 0 Å². The summed E-state index contributed by atoms with van der Waals surface area (Å²) < 4.78 is 29.4. The Morgan fingerprint density at radius 1 is 0.700 bits per heavy atom. The number of hydrogen-bond acceptors (Lipinski definition) is 0. The van der Waals surface area contributed by atoms with Gasteiger partial charge in [-0.15, -0.1) is 0 Å². The van der Waals surface area contributed by atoms with Crippen LogP contribution in [0, 0.1) is 29.4 Å². The zero-order chi connectivity index (χ0) is 21.3. The second kappa shape index (κ2) is 12.2. The Morgan fingerprint density at radius 2 is 1.30 bits per heavy atom. The molecule has 30 heavy (non-hydrogen) atoms. The van der Waals surface area contributed by atoms with Gasteiger partial charge >= 0.3 is 0 Å². The molecular formula is C28H44F2. The SMILES string of the molecule is CCCCCc1ccc(C2CCC(C3CCC(CCCCC)CC3)CC2)c(F)c1F. The van der Waals surface area contributed by atoms with E-state index in [0.29, 0.717) is 17.5 Å². The monoisotopic (exact) mass is 418 g/mol. The number of halogens is 2. The van der Waals surface area contributed by atoms with E-state index in [1.807, 2.05) is 12.1 Å². The quantitative estimate of drug-likeness (QED) is 0.332. The highest BCUT2D eigenvalue weighted by atomic mass is 19.2. The van der Waals surface area contributed by atoms with Crippen molar-refractivity contribution in [1.82, 2.24) is 0 Å². The zero-order valence-corrected chi connectivity index (χ0v) is 19.5. The highest BCUT2D eigenvalue weighted by Crippen LogP contribution is 2.45. The minimum absolute atomic E-state index is 0.214. The lowest BCUT2D eigenvalue weighted by Gasteiger charge is -2.38. The van der Waals surface area contributed by atoms with E-state index < -0.39 is 11.6 Å². The summed E-state index contributed by atoms with van der Waals surface area (Å²) in [6.07, 6.45) is 19.5. The van der Waals surface area contributed by atoms with Crippen molar-refractivity contribution in [3.05, 3.63) is 34.9 Å². The van der Waals surface area contributed by atoms with Gasteiger partial charge < -0.3 is 0 Å². The van der Waals surface area contributed by atoms with Crippen molar-refractivity contribution >= 4 is 0 Å². The average molecular weight is 419 g/mol. The fourth-order valence-corrected chi connectivity index (χ4v) is 6.21. The minimum Gasteiger partial charge on any atom is -0.203 e. The van der Waals surface area contributed by atoms with Crippen LogP contribution < -0.4 is 0 Å². The Kier molecular flexibility index (Phi) is 9.65. The van der Waals surface area contributed by atoms with Crippen LogP contribution in [-0.4, -0.2) is 0 Å². The van der Waals surface area contributed by atoms with E-state index in [1.165, 1.54) is 64.2 Å². The van der Waals surface area contributed by atoms with Gasteiger partial charge in [-0.25, -0.2) is 8.78 Å². The average Bonchev–Trinajstić information content (AvgIpc) is 2.78. The maximum atomic E-state index is 14.8. The van der Waals surface area contributed by atoms with Crippen molar-refractivity contribution < 1.29 is 8.78 Å². The Labute approximate surface area is 184 Å². The first kappa shape index (κ1) is 23.7. The van der Waals surface area contributed by atoms with Crippen LogP contribution in [0.5, 0.6) is 0 Å². The standard InChI is InChI=1S/C28H44F2/c1-3-5-7-9-21-11-13-22(14-12-21)23-15-17-24(18-16-23)26-20-19-25(10-8-6-4-2)27(29)28(26)30/h19-24H,3-18H2,1-2H3. The van der Waals surface area contributed by atoms with E-state index in [-0.39, 0.29) is 5.92 Å². The third kappa shape index (κ3) is 6.30. The second-order valence-electron chi connectivity index (χ2n) is 10.3. The first-order valence-electron chi connectivity index (χ1n) is 13.1. The molecule has 2 aliphatic carbocycles. The Morgan fingerprint density at radius 3 is 1.93 bits per heavy atom. The third-order valence-electron chi connectivity index (χ3n) is 8.23. The number of unbranched alkanes of at least 4 members (excludes halogenated alkanes) is 4. The molecule has 2 aliphatic rings. The van der Waals surface area contributed by atoms with Crippen molar-refractivity contribution in [3.8, 4) is 0 Å². The highest BCUT2D eigenvalue weighted by molar-refractivity contribution is 5.29. The molecule has 1 aromatic rings. The molecule has 0 aliphatic heterocycles. The lowest BCUT2D eigenvalue weighted by Crippen LogP contribution is -2.25. The molecule has 0 aromatic heterocycles. The Balaban J connectivity index is 1.47. The summed E-state index contributed by atoms with van der Waals surface area (Å²) in [5.41, 5.74) is 1.21. The molecule has 2 saturated carbocycles. The molecule has 0 N–H and O–H groups in total. The van der Waals surface area contributed by atoms with Crippen molar-refractivity contribution in [2.45, 2.75) is 122 Å². The van der Waals surface area contributed by atoms with Crippen LogP contribution in [0.15, 0.2) is 12.1 Å². The van der Waals surface area contributed by atoms with E-state index in [1.54, 1.807) is 0 Å². The third-order valence-corrected chi connectivity index (χ3v) is 8.23. The topological polar surface area (TPSA) is 0 Å². The molecule has 0 radical (unpaired) electrons. The van der Waals surface area contributed by atoms with Gasteiger partial charge in [-0.2, -0.15) is 0 Å². The molecule has 0 unspecified atom stereocenters. The van der Waals surface area contributed by atoms with Crippen molar-refractivity contribution in [3.63, 3.8) is 0 Å². The van der Waals surface area contributed by atoms with Crippen LogP contribution in [0.3, 0.4) is 0 Å². The van der Waals surface area contributed by atoms with Gasteiger partial charge in [-0.1, -0.05) is 77.3 Å². The molecule has 0 spiro atoms. The Hall–Kier alpha value is -0.920. The molecule has 0 heterocycles. The molecule has 0 bridgehead atoms. The molecule has 0 atom stereocenters. The first-order valence-corrected chi connectivity index (χ1v) is 13.1. The normalized spacial score (nSPS) is 27.3. The lowest BCUT2D eigenvalue weighted by molar-refractivity contribution is 0.155. The largest absolute Gasteiger partial charge is 0.203 e. The molecule has 3 rings (SSSR count). The van der Waals surface area contributed by atoms with Gasteiger partial charge in [-0.05, 0) is 86.2 Å². The fourth-order valence-electron chi connectivity index (χ4n) is 6.21. The van der Waals surface area contributed by atoms with Gasteiger partial charge in [-0.3, -0.25) is 0 Å². The number of aryl methyl sites for hydroxylation is 1. The molecular weight excluding hydrogens is 374 g/mol. The summed E-state index contributed by atoms with van der Waals surface area (Å²) in [5, 5.41) is 0. The lowest BCUT2D eigenvalue weighted by atomic mass is 9.68. The van der Waals surface area contributed by atoms with Crippen LogP contribution in [0.25, 0.3) is 0 Å². The predicted molar refractivity (Wildman–Crippen MR) is 124 cm³/mol. The molecule has 0 amide bonds. The summed E-state index contributed by atoms with van der Waals surface area (Å²) in [4.78, 5) is 0. The van der Waals surface area contributed by atoms with E-state index in [0.717, 1.165) is 49.9 Å². The summed E-state index contributed by atoms with van der Waals surface area (Å²) in [6, 6.07) is 3.75. The number of benzene rings is 1. The molecule has 1 aromatic carbocycles. The molecule has 2 heteroatoms. The molecule has 0 nitrogen and oxygen atoms in total.